The first kappa shape index (κ1) is 13.8. The first-order chi connectivity index (χ1) is 7.65. The van der Waals surface area contributed by atoms with Crippen molar-refractivity contribution >= 4 is 17.5 Å². The topological polar surface area (TPSA) is 23.6 Å². The van der Waals surface area contributed by atoms with E-state index >= 15 is 0 Å². The highest BCUT2D eigenvalue weighted by Crippen LogP contribution is 2.15. The molecule has 16 heavy (non-hydrogen) atoms. The van der Waals surface area contributed by atoms with Crippen molar-refractivity contribution in [2.75, 3.05) is 33.1 Å². The van der Waals surface area contributed by atoms with Gasteiger partial charge in [0, 0.05) is 25.4 Å². The molecule has 0 atom stereocenters. The van der Waals surface area contributed by atoms with Crippen molar-refractivity contribution in [2.45, 2.75) is 38.1 Å². The van der Waals surface area contributed by atoms with Crippen LogP contribution in [0.4, 0.5) is 0 Å². The number of rotatable bonds is 5. The van der Waals surface area contributed by atoms with Gasteiger partial charge < -0.3 is 9.80 Å². The summed E-state index contributed by atoms with van der Waals surface area (Å²) in [6, 6.07) is 0.444. The van der Waals surface area contributed by atoms with Gasteiger partial charge in [-0.1, -0.05) is 0 Å². The number of amides is 1. The molecule has 4 heteroatoms. The molecule has 0 aliphatic carbocycles. The number of nitrogens with zero attached hydrogens (tertiary/aromatic N) is 2. The molecule has 0 N–H and O–H groups in total. The maximum Gasteiger partial charge on any atom is 0.222 e. The molecule has 94 valence electrons. The van der Waals surface area contributed by atoms with Gasteiger partial charge in [0.2, 0.25) is 5.91 Å². The summed E-state index contributed by atoms with van der Waals surface area (Å²) in [6.45, 7) is 2.20. The molecule has 0 bridgehead atoms. The standard InChI is InChI=1S/C12H23ClN2O/c1-14-9-6-11(7-10-14)15(2)12(16)5-3-4-8-13/h11H,3-10H2,1-2H3. The molecule has 1 saturated heterocycles. The van der Waals surface area contributed by atoms with Gasteiger partial charge in [-0.05, 0) is 45.8 Å². The van der Waals surface area contributed by atoms with E-state index in [0.29, 0.717) is 18.3 Å². The molecule has 0 spiro atoms. The molecule has 1 fully saturated rings. The molecular formula is C12H23ClN2O. The highest BCUT2D eigenvalue weighted by atomic mass is 35.5. The number of hydrogen-bond donors (Lipinski definition) is 0. The average molecular weight is 247 g/mol. The number of carbonyl (C=O) groups is 1. The summed E-state index contributed by atoms with van der Waals surface area (Å²) in [7, 11) is 4.08. The van der Waals surface area contributed by atoms with Crippen molar-refractivity contribution in [3.05, 3.63) is 0 Å². The largest absolute Gasteiger partial charge is 0.343 e. The van der Waals surface area contributed by atoms with E-state index in [1.54, 1.807) is 0 Å². The minimum atomic E-state index is 0.277. The fourth-order valence-corrected chi connectivity index (χ4v) is 2.32. The Hall–Kier alpha value is -0.280. The maximum atomic E-state index is 11.9. The maximum absolute atomic E-state index is 11.9. The van der Waals surface area contributed by atoms with Crippen LogP contribution in [0.1, 0.15) is 32.1 Å². The van der Waals surface area contributed by atoms with Crippen LogP contribution in [0, 0.1) is 0 Å². The van der Waals surface area contributed by atoms with Crippen LogP contribution < -0.4 is 0 Å². The van der Waals surface area contributed by atoms with E-state index in [-0.39, 0.29) is 5.91 Å². The quantitative estimate of drug-likeness (QED) is 0.547. The Labute approximate surface area is 104 Å². The van der Waals surface area contributed by atoms with Crippen molar-refractivity contribution in [3.8, 4) is 0 Å². The van der Waals surface area contributed by atoms with Gasteiger partial charge in [-0.3, -0.25) is 4.79 Å². The van der Waals surface area contributed by atoms with E-state index in [4.69, 9.17) is 11.6 Å². The van der Waals surface area contributed by atoms with E-state index in [0.717, 1.165) is 38.8 Å². The molecule has 0 aromatic rings. The third-order valence-corrected chi connectivity index (χ3v) is 3.67. The van der Waals surface area contributed by atoms with Crippen LogP contribution >= 0.6 is 11.6 Å². The summed E-state index contributed by atoms with van der Waals surface area (Å²) >= 11 is 5.60. The SMILES string of the molecule is CN1CCC(N(C)C(=O)CCCCCl)CC1. The fraction of sp³-hybridized carbons (Fsp3) is 0.917. The van der Waals surface area contributed by atoms with Crippen LogP contribution in [0.2, 0.25) is 0 Å². The van der Waals surface area contributed by atoms with Crippen molar-refractivity contribution in [1.29, 1.82) is 0 Å². The number of alkyl halides is 1. The zero-order chi connectivity index (χ0) is 12.0. The molecule has 1 aliphatic rings. The summed E-state index contributed by atoms with van der Waals surface area (Å²) in [4.78, 5) is 16.1. The van der Waals surface area contributed by atoms with Gasteiger partial charge in [0.1, 0.15) is 0 Å². The van der Waals surface area contributed by atoms with Crippen LogP contribution in [0.3, 0.4) is 0 Å². The highest BCUT2D eigenvalue weighted by molar-refractivity contribution is 6.17. The highest BCUT2D eigenvalue weighted by Gasteiger charge is 2.23. The molecule has 0 aromatic carbocycles. The first-order valence-electron chi connectivity index (χ1n) is 6.15. The smallest absolute Gasteiger partial charge is 0.222 e. The van der Waals surface area contributed by atoms with Gasteiger partial charge >= 0.3 is 0 Å². The van der Waals surface area contributed by atoms with Crippen LogP contribution in [0.25, 0.3) is 0 Å². The van der Waals surface area contributed by atoms with Crippen molar-refractivity contribution < 1.29 is 4.79 Å². The number of hydrogen-bond acceptors (Lipinski definition) is 2. The lowest BCUT2D eigenvalue weighted by Crippen LogP contribution is -2.44. The van der Waals surface area contributed by atoms with Crippen LogP contribution in [0.15, 0.2) is 0 Å². The minimum Gasteiger partial charge on any atom is -0.343 e. The van der Waals surface area contributed by atoms with Crippen molar-refractivity contribution in [3.63, 3.8) is 0 Å². The Morgan fingerprint density at radius 1 is 1.38 bits per heavy atom. The molecule has 1 heterocycles. The number of unbranched alkanes of at least 4 members (excludes halogenated alkanes) is 1. The Morgan fingerprint density at radius 2 is 2.00 bits per heavy atom. The zero-order valence-electron chi connectivity index (χ0n) is 10.4. The number of likely N-dealkylation sites (tertiary alicyclic amines) is 1. The Balaban J connectivity index is 2.27. The second kappa shape index (κ2) is 7.13. The monoisotopic (exact) mass is 246 g/mol. The van der Waals surface area contributed by atoms with Crippen molar-refractivity contribution in [2.24, 2.45) is 0 Å². The van der Waals surface area contributed by atoms with Gasteiger partial charge in [0.15, 0.2) is 0 Å². The summed E-state index contributed by atoms with van der Waals surface area (Å²) in [5.41, 5.74) is 0. The molecule has 1 aliphatic heterocycles. The van der Waals surface area contributed by atoms with E-state index < -0.39 is 0 Å². The molecule has 0 aromatic heterocycles. The van der Waals surface area contributed by atoms with Crippen molar-refractivity contribution in [1.82, 2.24) is 9.80 Å². The molecule has 1 rings (SSSR count). The van der Waals surface area contributed by atoms with Gasteiger partial charge in [-0.25, -0.2) is 0 Å². The zero-order valence-corrected chi connectivity index (χ0v) is 11.2. The van der Waals surface area contributed by atoms with Crippen LogP contribution in [-0.4, -0.2) is 54.8 Å². The molecular weight excluding hydrogens is 224 g/mol. The molecule has 0 unspecified atom stereocenters. The Morgan fingerprint density at radius 3 is 2.56 bits per heavy atom. The predicted molar refractivity (Wildman–Crippen MR) is 67.9 cm³/mol. The molecule has 1 amide bonds. The van der Waals surface area contributed by atoms with Gasteiger partial charge in [-0.15, -0.1) is 11.6 Å². The minimum absolute atomic E-state index is 0.277. The second-order valence-electron chi connectivity index (χ2n) is 4.69. The van der Waals surface area contributed by atoms with E-state index in [1.165, 1.54) is 0 Å². The third kappa shape index (κ3) is 4.30. The summed E-state index contributed by atoms with van der Waals surface area (Å²) in [5.74, 6) is 0.935. The number of piperidine rings is 1. The summed E-state index contributed by atoms with van der Waals surface area (Å²) in [5, 5.41) is 0. The van der Waals surface area contributed by atoms with E-state index in [9.17, 15) is 4.79 Å². The summed E-state index contributed by atoms with van der Waals surface area (Å²) in [6.07, 6.45) is 4.71. The van der Waals surface area contributed by atoms with E-state index in [2.05, 4.69) is 11.9 Å². The third-order valence-electron chi connectivity index (χ3n) is 3.40. The summed E-state index contributed by atoms with van der Waals surface area (Å²) < 4.78 is 0. The lowest BCUT2D eigenvalue weighted by Gasteiger charge is -2.35. The van der Waals surface area contributed by atoms with Crippen LogP contribution in [0.5, 0.6) is 0 Å². The second-order valence-corrected chi connectivity index (χ2v) is 5.06. The Kier molecular flexibility index (Phi) is 6.14. The lowest BCUT2D eigenvalue weighted by atomic mass is 10.0. The van der Waals surface area contributed by atoms with Gasteiger partial charge in [-0.2, -0.15) is 0 Å². The van der Waals surface area contributed by atoms with Gasteiger partial charge in [0.25, 0.3) is 0 Å². The molecule has 0 saturated carbocycles. The lowest BCUT2D eigenvalue weighted by molar-refractivity contribution is -0.132. The fourth-order valence-electron chi connectivity index (χ4n) is 2.13. The Bertz CT molecular complexity index is 215. The normalized spacial score (nSPS) is 18.7. The number of carbonyl (C=O) groups excluding carboxylic acids is 1. The van der Waals surface area contributed by atoms with E-state index in [1.807, 2.05) is 11.9 Å². The first-order valence-corrected chi connectivity index (χ1v) is 6.68. The van der Waals surface area contributed by atoms with Gasteiger partial charge in [0.05, 0.1) is 0 Å². The average Bonchev–Trinajstić information content (AvgIpc) is 2.29. The molecule has 0 radical (unpaired) electrons. The molecule has 3 nitrogen and oxygen atoms in total. The predicted octanol–water partition coefficient (Wildman–Crippen LogP) is 1.95. The van der Waals surface area contributed by atoms with Crippen LogP contribution in [-0.2, 0) is 4.79 Å². The number of halogens is 1.